The van der Waals surface area contributed by atoms with Crippen molar-refractivity contribution in [2.45, 2.75) is 12.6 Å². The van der Waals surface area contributed by atoms with Gasteiger partial charge in [-0.2, -0.15) is 0 Å². The van der Waals surface area contributed by atoms with Crippen LogP contribution in [0, 0.1) is 0 Å². The molecule has 1 aliphatic heterocycles. The number of hydrogen-bond donors (Lipinski definition) is 1. The van der Waals surface area contributed by atoms with E-state index in [2.05, 4.69) is 27.8 Å². The van der Waals surface area contributed by atoms with Crippen LogP contribution in [0.25, 0.3) is 11.3 Å². The average Bonchev–Trinajstić information content (AvgIpc) is 2.77. The highest BCUT2D eigenvalue weighted by Crippen LogP contribution is 2.23. The van der Waals surface area contributed by atoms with Gasteiger partial charge in [0.1, 0.15) is 5.69 Å². The molecule has 1 aromatic carbocycles. The molecule has 0 atom stereocenters. The zero-order valence-corrected chi connectivity index (χ0v) is 10.3. The maximum atomic E-state index is 5.21. The quantitative estimate of drug-likeness (QED) is 0.879. The first kappa shape index (κ1) is 11.4. The van der Waals surface area contributed by atoms with E-state index >= 15 is 0 Å². The third-order valence-corrected chi connectivity index (χ3v) is 3.24. The first-order valence-corrected chi connectivity index (χ1v) is 6.08. The lowest BCUT2D eigenvalue weighted by Crippen LogP contribution is -2.43. The van der Waals surface area contributed by atoms with E-state index in [-0.39, 0.29) is 0 Å². The second-order valence-electron chi connectivity index (χ2n) is 4.49. The Morgan fingerprint density at radius 3 is 2.94 bits per heavy atom. The van der Waals surface area contributed by atoms with E-state index in [0.717, 1.165) is 29.9 Å². The molecule has 18 heavy (non-hydrogen) atoms. The minimum atomic E-state index is 0.445. The number of aromatic nitrogens is 3. The van der Waals surface area contributed by atoms with E-state index in [0.29, 0.717) is 12.6 Å². The Labute approximate surface area is 106 Å². The maximum absolute atomic E-state index is 5.21. The lowest BCUT2D eigenvalue weighted by molar-refractivity contribution is 0.185. The highest BCUT2D eigenvalue weighted by molar-refractivity contribution is 5.62. The largest absolute Gasteiger partial charge is 0.380 e. The SMILES string of the molecule is COCc1ccccc1-c1cn(C2CNC2)nn1. The number of nitrogens with one attached hydrogen (secondary N) is 1. The van der Waals surface area contributed by atoms with E-state index in [9.17, 15) is 0 Å². The Kier molecular flexibility index (Phi) is 3.08. The minimum absolute atomic E-state index is 0.445. The number of rotatable bonds is 4. The molecular formula is C13H16N4O. The standard InChI is InChI=1S/C13H16N4O/c1-18-9-10-4-2-3-5-12(10)13-8-17(16-15-13)11-6-14-7-11/h2-5,8,11,14H,6-7,9H2,1H3. The summed E-state index contributed by atoms with van der Waals surface area (Å²) in [7, 11) is 1.70. The Balaban J connectivity index is 1.91. The average molecular weight is 244 g/mol. The summed E-state index contributed by atoms with van der Waals surface area (Å²) in [4.78, 5) is 0. The van der Waals surface area contributed by atoms with Gasteiger partial charge in [0.25, 0.3) is 0 Å². The molecule has 3 rings (SSSR count). The summed E-state index contributed by atoms with van der Waals surface area (Å²) in [6.07, 6.45) is 2.01. The van der Waals surface area contributed by atoms with Gasteiger partial charge in [0.05, 0.1) is 18.8 Å². The molecule has 1 N–H and O–H groups in total. The van der Waals surface area contributed by atoms with Crippen molar-refractivity contribution in [1.29, 1.82) is 0 Å². The fourth-order valence-corrected chi connectivity index (χ4v) is 2.09. The number of benzene rings is 1. The van der Waals surface area contributed by atoms with Gasteiger partial charge >= 0.3 is 0 Å². The first-order chi connectivity index (χ1) is 8.88. The van der Waals surface area contributed by atoms with Crippen molar-refractivity contribution < 1.29 is 4.74 Å². The molecule has 0 amide bonds. The van der Waals surface area contributed by atoms with E-state index in [1.807, 2.05) is 23.0 Å². The van der Waals surface area contributed by atoms with Gasteiger partial charge in [-0.3, -0.25) is 0 Å². The van der Waals surface area contributed by atoms with Crippen LogP contribution >= 0.6 is 0 Å². The summed E-state index contributed by atoms with van der Waals surface area (Å²) in [5.74, 6) is 0. The molecule has 2 heterocycles. The van der Waals surface area contributed by atoms with Gasteiger partial charge < -0.3 is 10.1 Å². The molecule has 1 aliphatic rings. The fraction of sp³-hybridized carbons (Fsp3) is 0.385. The van der Waals surface area contributed by atoms with E-state index in [4.69, 9.17) is 4.74 Å². The third kappa shape index (κ3) is 2.02. The predicted octanol–water partition coefficient (Wildman–Crippen LogP) is 1.24. The van der Waals surface area contributed by atoms with Crippen LogP contribution in [0.2, 0.25) is 0 Å². The van der Waals surface area contributed by atoms with Gasteiger partial charge in [-0.25, -0.2) is 4.68 Å². The molecule has 1 aromatic heterocycles. The van der Waals surface area contributed by atoms with E-state index < -0.39 is 0 Å². The van der Waals surface area contributed by atoms with Crippen LogP contribution in [0.4, 0.5) is 0 Å². The summed E-state index contributed by atoms with van der Waals surface area (Å²) in [5.41, 5.74) is 3.14. The number of methoxy groups -OCH3 is 1. The molecule has 94 valence electrons. The second kappa shape index (κ2) is 4.88. The van der Waals surface area contributed by atoms with Gasteiger partial charge in [0.15, 0.2) is 0 Å². The summed E-state index contributed by atoms with van der Waals surface area (Å²) >= 11 is 0. The van der Waals surface area contributed by atoms with Crippen molar-refractivity contribution in [2.24, 2.45) is 0 Å². The molecule has 0 radical (unpaired) electrons. The van der Waals surface area contributed by atoms with Crippen LogP contribution in [0.3, 0.4) is 0 Å². The van der Waals surface area contributed by atoms with Gasteiger partial charge in [0, 0.05) is 25.8 Å². The Morgan fingerprint density at radius 2 is 2.22 bits per heavy atom. The molecule has 2 aromatic rings. The van der Waals surface area contributed by atoms with Crippen LogP contribution in [0.5, 0.6) is 0 Å². The van der Waals surface area contributed by atoms with Crippen molar-refractivity contribution in [3.63, 3.8) is 0 Å². The first-order valence-electron chi connectivity index (χ1n) is 6.08. The molecule has 0 saturated carbocycles. The van der Waals surface area contributed by atoms with Crippen LogP contribution < -0.4 is 5.32 Å². The Morgan fingerprint density at radius 1 is 1.39 bits per heavy atom. The summed E-state index contributed by atoms with van der Waals surface area (Å²) in [6, 6.07) is 8.59. The zero-order chi connectivity index (χ0) is 12.4. The number of ether oxygens (including phenoxy) is 1. The predicted molar refractivity (Wildman–Crippen MR) is 68.1 cm³/mol. The molecule has 0 spiro atoms. The van der Waals surface area contributed by atoms with Crippen LogP contribution in [-0.4, -0.2) is 35.2 Å². The normalized spacial score (nSPS) is 15.6. The van der Waals surface area contributed by atoms with Gasteiger partial charge in [-0.1, -0.05) is 29.5 Å². The maximum Gasteiger partial charge on any atom is 0.113 e. The summed E-state index contributed by atoms with van der Waals surface area (Å²) in [6.45, 7) is 2.54. The summed E-state index contributed by atoms with van der Waals surface area (Å²) < 4.78 is 7.15. The van der Waals surface area contributed by atoms with Crippen molar-refractivity contribution in [3.05, 3.63) is 36.0 Å². The molecule has 5 heteroatoms. The van der Waals surface area contributed by atoms with Crippen LogP contribution in [-0.2, 0) is 11.3 Å². The molecule has 0 aliphatic carbocycles. The zero-order valence-electron chi connectivity index (χ0n) is 10.3. The third-order valence-electron chi connectivity index (χ3n) is 3.24. The molecule has 1 fully saturated rings. The van der Waals surface area contributed by atoms with Crippen molar-refractivity contribution in [1.82, 2.24) is 20.3 Å². The molecule has 5 nitrogen and oxygen atoms in total. The Bertz CT molecular complexity index is 533. The van der Waals surface area contributed by atoms with Crippen LogP contribution in [0.1, 0.15) is 11.6 Å². The highest BCUT2D eigenvalue weighted by Gasteiger charge is 2.20. The smallest absolute Gasteiger partial charge is 0.113 e. The topological polar surface area (TPSA) is 52.0 Å². The molecule has 0 bridgehead atoms. The van der Waals surface area contributed by atoms with Gasteiger partial charge in [-0.15, -0.1) is 5.10 Å². The lowest BCUT2D eigenvalue weighted by Gasteiger charge is -2.26. The molecule has 1 saturated heterocycles. The lowest BCUT2D eigenvalue weighted by atomic mass is 10.1. The molecule has 0 unspecified atom stereocenters. The van der Waals surface area contributed by atoms with Gasteiger partial charge in [0.2, 0.25) is 0 Å². The molecular weight excluding hydrogens is 228 g/mol. The number of hydrogen-bond acceptors (Lipinski definition) is 4. The van der Waals surface area contributed by atoms with Crippen molar-refractivity contribution in [3.8, 4) is 11.3 Å². The van der Waals surface area contributed by atoms with E-state index in [1.54, 1.807) is 7.11 Å². The number of nitrogens with zero attached hydrogens (tertiary/aromatic N) is 3. The second-order valence-corrected chi connectivity index (χ2v) is 4.49. The van der Waals surface area contributed by atoms with E-state index in [1.165, 1.54) is 0 Å². The van der Waals surface area contributed by atoms with Crippen molar-refractivity contribution >= 4 is 0 Å². The minimum Gasteiger partial charge on any atom is -0.380 e. The highest BCUT2D eigenvalue weighted by atomic mass is 16.5. The fourth-order valence-electron chi connectivity index (χ4n) is 2.09. The monoisotopic (exact) mass is 244 g/mol. The Hall–Kier alpha value is -1.72. The van der Waals surface area contributed by atoms with Gasteiger partial charge in [-0.05, 0) is 5.56 Å². The summed E-state index contributed by atoms with van der Waals surface area (Å²) in [5, 5.41) is 11.7. The van der Waals surface area contributed by atoms with Crippen molar-refractivity contribution in [2.75, 3.05) is 20.2 Å². The van der Waals surface area contributed by atoms with Crippen LogP contribution in [0.15, 0.2) is 30.5 Å².